The van der Waals surface area contributed by atoms with E-state index in [0.717, 1.165) is 12.8 Å². The summed E-state index contributed by atoms with van der Waals surface area (Å²) in [6.07, 6.45) is 7.84. The van der Waals surface area contributed by atoms with Crippen LogP contribution in [0.1, 0.15) is 58.1 Å². The largest absolute Gasteiger partial charge is 0.472 e. The third-order valence-electron chi connectivity index (χ3n) is 4.03. The molecule has 1 aromatic rings. The van der Waals surface area contributed by atoms with E-state index in [1.807, 2.05) is 26.2 Å². The minimum absolute atomic E-state index is 0.409. The topological polar surface area (TPSA) is 45.4 Å². The molecule has 3 atom stereocenters. The second-order valence-corrected chi connectivity index (χ2v) is 6.29. The highest BCUT2D eigenvalue weighted by Gasteiger charge is 2.29. The van der Waals surface area contributed by atoms with E-state index in [0.29, 0.717) is 18.0 Å². The van der Waals surface area contributed by atoms with E-state index >= 15 is 0 Å². The van der Waals surface area contributed by atoms with Crippen LogP contribution in [0.5, 0.6) is 0 Å². The Morgan fingerprint density at radius 3 is 2.83 bits per heavy atom. The molecule has 2 rings (SSSR count). The van der Waals surface area contributed by atoms with Gasteiger partial charge in [0.15, 0.2) is 0 Å². The maximum absolute atomic E-state index is 9.84. The number of rotatable bonds is 4. The van der Waals surface area contributed by atoms with Gasteiger partial charge in [-0.3, -0.25) is 0 Å². The van der Waals surface area contributed by atoms with Gasteiger partial charge in [-0.05, 0) is 51.5 Å². The number of piperidine rings is 1. The molecule has 3 nitrogen and oxygen atoms in total. The molecule has 1 aliphatic rings. The third-order valence-corrected chi connectivity index (χ3v) is 4.03. The van der Waals surface area contributed by atoms with Crippen LogP contribution < -0.4 is 5.32 Å². The van der Waals surface area contributed by atoms with Crippen LogP contribution in [0.3, 0.4) is 0 Å². The van der Waals surface area contributed by atoms with E-state index < -0.39 is 5.60 Å². The summed E-state index contributed by atoms with van der Waals surface area (Å²) in [5.74, 6) is 0.676. The van der Waals surface area contributed by atoms with Gasteiger partial charge in [-0.2, -0.15) is 0 Å². The Morgan fingerprint density at radius 2 is 2.22 bits per heavy atom. The smallest absolute Gasteiger partial charge is 0.0950 e. The van der Waals surface area contributed by atoms with Crippen molar-refractivity contribution in [3.05, 3.63) is 24.2 Å². The molecule has 1 fully saturated rings. The van der Waals surface area contributed by atoms with Gasteiger partial charge < -0.3 is 14.8 Å². The molecule has 18 heavy (non-hydrogen) atoms. The minimum Gasteiger partial charge on any atom is -0.472 e. The first-order chi connectivity index (χ1) is 8.46. The summed E-state index contributed by atoms with van der Waals surface area (Å²) < 4.78 is 5.16. The zero-order valence-electron chi connectivity index (χ0n) is 11.6. The number of aliphatic hydroxyl groups is 1. The Labute approximate surface area is 110 Å². The van der Waals surface area contributed by atoms with E-state index in [2.05, 4.69) is 12.2 Å². The van der Waals surface area contributed by atoms with Gasteiger partial charge in [-0.1, -0.05) is 6.92 Å². The Hall–Kier alpha value is -0.800. The summed E-state index contributed by atoms with van der Waals surface area (Å²) in [6, 6.07) is 2.94. The first-order valence-corrected chi connectivity index (χ1v) is 6.96. The van der Waals surface area contributed by atoms with E-state index in [1.165, 1.54) is 18.4 Å². The van der Waals surface area contributed by atoms with Crippen molar-refractivity contribution in [2.24, 2.45) is 5.92 Å². The lowest BCUT2D eigenvalue weighted by atomic mass is 9.83. The van der Waals surface area contributed by atoms with Crippen LogP contribution in [0.15, 0.2) is 23.0 Å². The number of hydrogen-bond donors (Lipinski definition) is 2. The van der Waals surface area contributed by atoms with Crippen LogP contribution in [0, 0.1) is 5.92 Å². The molecule has 0 saturated carbocycles. The molecule has 2 heterocycles. The van der Waals surface area contributed by atoms with Gasteiger partial charge >= 0.3 is 0 Å². The van der Waals surface area contributed by atoms with Crippen molar-refractivity contribution in [2.75, 3.05) is 0 Å². The van der Waals surface area contributed by atoms with E-state index in [-0.39, 0.29) is 0 Å². The highest BCUT2D eigenvalue weighted by atomic mass is 16.3. The predicted octanol–water partition coefficient (Wildman–Crippen LogP) is 3.26. The molecule has 0 aliphatic carbocycles. The summed E-state index contributed by atoms with van der Waals surface area (Å²) in [5, 5.41) is 13.5. The lowest BCUT2D eigenvalue weighted by molar-refractivity contribution is 0.0598. The van der Waals surface area contributed by atoms with Gasteiger partial charge in [0, 0.05) is 17.6 Å². The highest BCUT2D eigenvalue weighted by Crippen LogP contribution is 2.31. The fraction of sp³-hybridized carbons (Fsp3) is 0.733. The van der Waals surface area contributed by atoms with Crippen LogP contribution in [-0.2, 0) is 0 Å². The molecule has 0 bridgehead atoms. The molecule has 3 unspecified atom stereocenters. The van der Waals surface area contributed by atoms with Gasteiger partial charge in [0.05, 0.1) is 18.1 Å². The van der Waals surface area contributed by atoms with Crippen molar-refractivity contribution in [3.8, 4) is 0 Å². The van der Waals surface area contributed by atoms with Crippen molar-refractivity contribution in [1.29, 1.82) is 0 Å². The minimum atomic E-state index is -0.565. The average molecular weight is 251 g/mol. The third kappa shape index (κ3) is 3.59. The Bertz CT molecular complexity index is 353. The number of nitrogens with one attached hydrogen (secondary N) is 1. The monoisotopic (exact) mass is 251 g/mol. The average Bonchev–Trinajstić information content (AvgIpc) is 2.80. The normalized spacial score (nSPS) is 29.4. The lowest BCUT2D eigenvalue weighted by Gasteiger charge is -2.36. The van der Waals surface area contributed by atoms with Gasteiger partial charge in [-0.15, -0.1) is 0 Å². The van der Waals surface area contributed by atoms with Gasteiger partial charge in [0.2, 0.25) is 0 Å². The van der Waals surface area contributed by atoms with Crippen LogP contribution in [0.25, 0.3) is 0 Å². The summed E-state index contributed by atoms with van der Waals surface area (Å²) in [4.78, 5) is 0. The van der Waals surface area contributed by atoms with E-state index in [1.54, 1.807) is 6.26 Å². The molecule has 1 aromatic heterocycles. The van der Waals surface area contributed by atoms with Crippen LogP contribution in [0.4, 0.5) is 0 Å². The quantitative estimate of drug-likeness (QED) is 0.863. The van der Waals surface area contributed by atoms with Crippen molar-refractivity contribution >= 4 is 0 Å². The molecule has 1 aliphatic heterocycles. The molecule has 0 radical (unpaired) electrons. The summed E-state index contributed by atoms with van der Waals surface area (Å²) in [6.45, 7) is 6.07. The molecule has 3 heteroatoms. The molecule has 0 aromatic carbocycles. The zero-order chi connectivity index (χ0) is 13.2. The van der Waals surface area contributed by atoms with Crippen LogP contribution in [-0.4, -0.2) is 16.7 Å². The SMILES string of the molecule is CC1CCC(c2ccoc2)NC1CCC(C)(C)O. The lowest BCUT2D eigenvalue weighted by Crippen LogP contribution is -2.43. The van der Waals surface area contributed by atoms with Crippen LogP contribution >= 0.6 is 0 Å². The first kappa shape index (κ1) is 13.6. The fourth-order valence-corrected chi connectivity index (χ4v) is 2.75. The maximum atomic E-state index is 9.84. The molecule has 0 amide bonds. The maximum Gasteiger partial charge on any atom is 0.0950 e. The fourth-order valence-electron chi connectivity index (χ4n) is 2.75. The number of furan rings is 1. The van der Waals surface area contributed by atoms with Crippen LogP contribution in [0.2, 0.25) is 0 Å². The van der Waals surface area contributed by atoms with Gasteiger partial charge in [-0.25, -0.2) is 0 Å². The van der Waals surface area contributed by atoms with Gasteiger partial charge in [0.25, 0.3) is 0 Å². The second kappa shape index (κ2) is 5.45. The van der Waals surface area contributed by atoms with E-state index in [4.69, 9.17) is 4.42 Å². The number of hydrogen-bond acceptors (Lipinski definition) is 3. The van der Waals surface area contributed by atoms with Crippen molar-refractivity contribution in [2.45, 2.75) is 64.1 Å². The predicted molar refractivity (Wildman–Crippen MR) is 72.3 cm³/mol. The molecular weight excluding hydrogens is 226 g/mol. The van der Waals surface area contributed by atoms with Crippen molar-refractivity contribution in [3.63, 3.8) is 0 Å². The molecular formula is C15H25NO2. The van der Waals surface area contributed by atoms with Crippen molar-refractivity contribution < 1.29 is 9.52 Å². The summed E-state index contributed by atoms with van der Waals surface area (Å²) in [5.41, 5.74) is 0.680. The highest BCUT2D eigenvalue weighted by molar-refractivity contribution is 5.13. The Balaban J connectivity index is 1.93. The Morgan fingerprint density at radius 1 is 1.44 bits per heavy atom. The zero-order valence-corrected chi connectivity index (χ0v) is 11.6. The van der Waals surface area contributed by atoms with Crippen molar-refractivity contribution in [1.82, 2.24) is 5.32 Å². The summed E-state index contributed by atoms with van der Waals surface area (Å²) >= 11 is 0. The summed E-state index contributed by atoms with van der Waals surface area (Å²) in [7, 11) is 0. The first-order valence-electron chi connectivity index (χ1n) is 6.96. The standard InChI is InChI=1S/C15H25NO2/c1-11-4-5-14(12-7-9-18-10-12)16-13(11)6-8-15(2,3)17/h7,9-11,13-14,16-17H,4-6,8H2,1-3H3. The molecule has 102 valence electrons. The second-order valence-electron chi connectivity index (χ2n) is 6.29. The molecule has 1 saturated heterocycles. The van der Waals surface area contributed by atoms with Gasteiger partial charge in [0.1, 0.15) is 0 Å². The molecule has 2 N–H and O–H groups in total. The molecule has 0 spiro atoms. The van der Waals surface area contributed by atoms with E-state index in [9.17, 15) is 5.11 Å². The Kier molecular flexibility index (Phi) is 4.13.